The average molecular weight is 419 g/mol. The Kier molecular flexibility index (Phi) is 6.91. The molecule has 7 heteroatoms. The second kappa shape index (κ2) is 9.15. The van der Waals surface area contributed by atoms with Gasteiger partial charge < -0.3 is 9.47 Å². The Labute approximate surface area is 160 Å². The molecule has 2 aromatic rings. The van der Waals surface area contributed by atoms with Crippen molar-refractivity contribution in [2.75, 3.05) is 6.61 Å². The molecule has 1 N–H and O–H groups in total. The van der Waals surface area contributed by atoms with Gasteiger partial charge in [0.2, 0.25) is 0 Å². The lowest BCUT2D eigenvalue weighted by atomic mass is 10.1. The molecule has 2 rings (SSSR count). The van der Waals surface area contributed by atoms with E-state index in [0.717, 1.165) is 15.6 Å². The van der Waals surface area contributed by atoms with Gasteiger partial charge in [-0.2, -0.15) is 5.10 Å². The number of para-hydroxylation sites is 1. The first-order chi connectivity index (χ1) is 12.4. The number of rotatable bonds is 6. The molecular formula is C19H19BrN2O4. The number of halogens is 1. The number of ether oxygens (including phenoxy) is 2. The summed E-state index contributed by atoms with van der Waals surface area (Å²) in [5.74, 6) is 0.222. The largest absolute Gasteiger partial charge is 0.483 e. The lowest BCUT2D eigenvalue weighted by Gasteiger charge is -2.11. The van der Waals surface area contributed by atoms with Crippen LogP contribution in [0.3, 0.4) is 0 Å². The van der Waals surface area contributed by atoms with Crippen LogP contribution in [0.25, 0.3) is 0 Å². The van der Waals surface area contributed by atoms with Gasteiger partial charge in [0.1, 0.15) is 11.5 Å². The maximum Gasteiger partial charge on any atom is 0.308 e. The Morgan fingerprint density at radius 2 is 1.85 bits per heavy atom. The predicted molar refractivity (Wildman–Crippen MR) is 103 cm³/mol. The van der Waals surface area contributed by atoms with E-state index >= 15 is 0 Å². The molecule has 0 fully saturated rings. The van der Waals surface area contributed by atoms with Crippen LogP contribution in [0.1, 0.15) is 23.6 Å². The van der Waals surface area contributed by atoms with Crippen molar-refractivity contribution in [2.24, 2.45) is 5.10 Å². The molecule has 1 amide bonds. The lowest BCUT2D eigenvalue weighted by Crippen LogP contribution is -2.25. The quantitative estimate of drug-likeness (QED) is 0.337. The Bertz CT molecular complexity index is 826. The first-order valence-electron chi connectivity index (χ1n) is 7.85. The van der Waals surface area contributed by atoms with E-state index in [9.17, 15) is 9.59 Å². The molecule has 0 aliphatic rings. The van der Waals surface area contributed by atoms with Gasteiger partial charge in [-0.1, -0.05) is 28.1 Å². The van der Waals surface area contributed by atoms with Crippen LogP contribution in [0.15, 0.2) is 46.0 Å². The fraction of sp³-hybridized carbons (Fsp3) is 0.211. The van der Waals surface area contributed by atoms with Crippen molar-refractivity contribution in [3.63, 3.8) is 0 Å². The summed E-state index contributed by atoms with van der Waals surface area (Å²) in [5.41, 5.74) is 4.83. The minimum atomic E-state index is -0.427. The molecule has 2 aromatic carbocycles. The third-order valence-corrected chi connectivity index (χ3v) is 3.80. The summed E-state index contributed by atoms with van der Waals surface area (Å²) in [5, 5.41) is 3.88. The van der Waals surface area contributed by atoms with E-state index in [1.807, 2.05) is 26.0 Å². The number of esters is 1. The number of hydrogen-bond donors (Lipinski definition) is 1. The number of hydrazone groups is 1. The fourth-order valence-corrected chi connectivity index (χ4v) is 2.99. The first-order valence-corrected chi connectivity index (χ1v) is 8.65. The summed E-state index contributed by atoms with van der Waals surface area (Å²) >= 11 is 3.42. The van der Waals surface area contributed by atoms with Crippen LogP contribution in [0, 0.1) is 13.8 Å². The number of aryl methyl sites for hydroxylation is 2. The van der Waals surface area contributed by atoms with Crippen LogP contribution >= 0.6 is 15.9 Å². The maximum atomic E-state index is 11.9. The molecule has 26 heavy (non-hydrogen) atoms. The molecule has 0 aliphatic carbocycles. The highest BCUT2D eigenvalue weighted by atomic mass is 79.9. The minimum absolute atomic E-state index is 0.160. The van der Waals surface area contributed by atoms with Crippen molar-refractivity contribution >= 4 is 34.0 Å². The van der Waals surface area contributed by atoms with Gasteiger partial charge in [0.25, 0.3) is 5.91 Å². The smallest absolute Gasteiger partial charge is 0.308 e. The van der Waals surface area contributed by atoms with Crippen LogP contribution < -0.4 is 14.9 Å². The summed E-state index contributed by atoms with van der Waals surface area (Å²) in [6.45, 7) is 4.98. The van der Waals surface area contributed by atoms with Crippen LogP contribution in [-0.2, 0) is 9.59 Å². The van der Waals surface area contributed by atoms with Crippen LogP contribution in [0.4, 0.5) is 0 Å². The zero-order valence-electron chi connectivity index (χ0n) is 14.7. The Morgan fingerprint density at radius 3 is 2.50 bits per heavy atom. The van der Waals surface area contributed by atoms with E-state index in [1.54, 1.807) is 24.3 Å². The molecule has 0 bridgehead atoms. The SMILES string of the molecule is CC(=O)Oc1ccccc1C=NNC(=O)COc1c(C)cc(Br)cc1C. The van der Waals surface area contributed by atoms with E-state index in [1.165, 1.54) is 13.1 Å². The molecule has 0 heterocycles. The number of nitrogens with zero attached hydrogens (tertiary/aromatic N) is 1. The summed E-state index contributed by atoms with van der Waals surface area (Å²) in [6, 6.07) is 10.7. The number of carbonyl (C=O) groups is 2. The lowest BCUT2D eigenvalue weighted by molar-refractivity contribution is -0.132. The molecule has 6 nitrogen and oxygen atoms in total. The van der Waals surface area contributed by atoms with Gasteiger partial charge in [-0.3, -0.25) is 9.59 Å². The monoisotopic (exact) mass is 418 g/mol. The highest BCUT2D eigenvalue weighted by Crippen LogP contribution is 2.27. The first kappa shape index (κ1) is 19.7. The van der Waals surface area contributed by atoms with Crippen molar-refractivity contribution in [3.8, 4) is 11.5 Å². The van der Waals surface area contributed by atoms with Crippen LogP contribution in [-0.4, -0.2) is 24.7 Å². The van der Waals surface area contributed by atoms with E-state index in [2.05, 4.69) is 26.5 Å². The standard InChI is InChI=1S/C19H19BrN2O4/c1-12-8-16(20)9-13(2)19(12)25-11-18(24)22-21-10-15-6-4-5-7-17(15)26-14(3)23/h4-10H,11H2,1-3H3,(H,22,24). The molecule has 0 unspecified atom stereocenters. The summed E-state index contributed by atoms with van der Waals surface area (Å²) in [4.78, 5) is 23.0. The minimum Gasteiger partial charge on any atom is -0.483 e. The fourth-order valence-electron chi connectivity index (χ4n) is 2.30. The molecule has 136 valence electrons. The number of benzene rings is 2. The maximum absolute atomic E-state index is 11.9. The highest BCUT2D eigenvalue weighted by molar-refractivity contribution is 9.10. The second-order valence-corrected chi connectivity index (χ2v) is 6.50. The average Bonchev–Trinajstić information content (AvgIpc) is 2.55. The van der Waals surface area contributed by atoms with Crippen molar-refractivity contribution in [1.82, 2.24) is 5.43 Å². The van der Waals surface area contributed by atoms with Crippen molar-refractivity contribution in [1.29, 1.82) is 0 Å². The summed E-state index contributed by atoms with van der Waals surface area (Å²) < 4.78 is 11.6. The molecular weight excluding hydrogens is 400 g/mol. The Morgan fingerprint density at radius 1 is 1.19 bits per heavy atom. The summed E-state index contributed by atoms with van der Waals surface area (Å²) in [7, 11) is 0. The third kappa shape index (κ3) is 5.70. The second-order valence-electron chi connectivity index (χ2n) is 5.58. The van der Waals surface area contributed by atoms with Crippen molar-refractivity contribution < 1.29 is 19.1 Å². The third-order valence-electron chi connectivity index (χ3n) is 3.34. The highest BCUT2D eigenvalue weighted by Gasteiger charge is 2.08. The predicted octanol–water partition coefficient (Wildman–Crippen LogP) is 3.52. The van der Waals surface area contributed by atoms with Crippen molar-refractivity contribution in [2.45, 2.75) is 20.8 Å². The van der Waals surface area contributed by atoms with E-state index in [4.69, 9.17) is 9.47 Å². The zero-order valence-corrected chi connectivity index (χ0v) is 16.3. The van der Waals surface area contributed by atoms with Crippen molar-refractivity contribution in [3.05, 3.63) is 57.6 Å². The van der Waals surface area contributed by atoms with E-state index in [0.29, 0.717) is 17.1 Å². The number of nitrogens with one attached hydrogen (secondary N) is 1. The molecule has 0 atom stereocenters. The molecule has 0 saturated carbocycles. The van der Waals surface area contributed by atoms with Gasteiger partial charge in [0, 0.05) is 17.0 Å². The molecule has 0 aliphatic heterocycles. The van der Waals surface area contributed by atoms with Gasteiger partial charge >= 0.3 is 5.97 Å². The van der Waals surface area contributed by atoms with Crippen LogP contribution in [0.5, 0.6) is 11.5 Å². The number of amides is 1. The summed E-state index contributed by atoms with van der Waals surface area (Å²) in [6.07, 6.45) is 1.41. The molecule has 0 spiro atoms. The number of carbonyl (C=O) groups excluding carboxylic acids is 2. The normalized spacial score (nSPS) is 10.6. The van der Waals surface area contributed by atoms with Gasteiger partial charge in [0.15, 0.2) is 6.61 Å². The van der Waals surface area contributed by atoms with Gasteiger partial charge in [0.05, 0.1) is 6.21 Å². The molecule has 0 saturated heterocycles. The zero-order chi connectivity index (χ0) is 19.1. The molecule has 0 radical (unpaired) electrons. The van der Waals surface area contributed by atoms with Crippen LogP contribution in [0.2, 0.25) is 0 Å². The van der Waals surface area contributed by atoms with Gasteiger partial charge in [-0.15, -0.1) is 0 Å². The van der Waals surface area contributed by atoms with Gasteiger partial charge in [-0.25, -0.2) is 5.43 Å². The van der Waals surface area contributed by atoms with E-state index < -0.39 is 11.9 Å². The van der Waals surface area contributed by atoms with Gasteiger partial charge in [-0.05, 0) is 49.2 Å². The Hall–Kier alpha value is -2.67. The van der Waals surface area contributed by atoms with E-state index in [-0.39, 0.29) is 6.61 Å². The number of hydrogen-bond acceptors (Lipinski definition) is 5. The molecule has 0 aromatic heterocycles. The topological polar surface area (TPSA) is 77.0 Å². The Balaban J connectivity index is 1.94.